The average Bonchev–Trinajstić information content (AvgIpc) is 3.14. The van der Waals surface area contributed by atoms with E-state index in [1.165, 1.54) is 22.3 Å². The molecule has 4 aromatic rings. The second kappa shape index (κ2) is 16.7. The van der Waals surface area contributed by atoms with E-state index in [1.54, 1.807) is 21.3 Å². The molecule has 2 N–H and O–H groups in total. The molecule has 4 heterocycles. The van der Waals surface area contributed by atoms with Crippen LogP contribution >= 0.6 is 0 Å². The first-order valence-corrected chi connectivity index (χ1v) is 16.7. The van der Waals surface area contributed by atoms with E-state index in [0.717, 1.165) is 79.9 Å². The molecule has 9 nitrogen and oxygen atoms in total. The maximum atomic E-state index is 12.5. The van der Waals surface area contributed by atoms with Gasteiger partial charge in [-0.1, -0.05) is 66.7 Å². The van der Waals surface area contributed by atoms with E-state index in [-0.39, 0.29) is 24.1 Å². The molecular weight excluding hydrogens is 614 g/mol. The van der Waals surface area contributed by atoms with Crippen molar-refractivity contribution in [2.24, 2.45) is 0 Å². The summed E-state index contributed by atoms with van der Waals surface area (Å²) >= 11 is 0. The monoisotopic (exact) mass is 659 g/mol. The second-order valence-corrected chi connectivity index (χ2v) is 12.3. The molecule has 0 unspecified atom stereocenters. The van der Waals surface area contributed by atoms with Crippen LogP contribution in [0.25, 0.3) is 0 Å². The molecule has 0 bridgehead atoms. The Kier molecular flexibility index (Phi) is 11.9. The van der Waals surface area contributed by atoms with Crippen LogP contribution in [0, 0.1) is 11.8 Å². The molecule has 0 fully saturated rings. The zero-order chi connectivity index (χ0) is 34.8. The third kappa shape index (κ3) is 7.87. The van der Waals surface area contributed by atoms with Crippen LogP contribution in [0.4, 0.5) is 11.4 Å². The molecule has 2 amide bonds. The Morgan fingerprint density at radius 2 is 1.10 bits per heavy atom. The van der Waals surface area contributed by atoms with E-state index < -0.39 is 0 Å². The quantitative estimate of drug-likeness (QED) is 0.274. The molecule has 2 atom stereocenters. The van der Waals surface area contributed by atoms with Crippen LogP contribution in [0.1, 0.15) is 55.8 Å². The van der Waals surface area contributed by atoms with Crippen molar-refractivity contribution < 1.29 is 19.1 Å². The first-order chi connectivity index (χ1) is 24.0. The normalized spacial score (nSPS) is 17.9. The van der Waals surface area contributed by atoms with Gasteiger partial charge in [0.25, 0.3) is 11.8 Å². The SMILES string of the molecule is C#N.COC.COc1ccc(C[C@@H]2NC(=O)c3cccc4c3N2CCC4)cc1.O=C1N[C@H](Cc2ccccc2)N2CCCc3cccc1c32. The van der Waals surface area contributed by atoms with Crippen molar-refractivity contribution in [3.05, 3.63) is 124 Å². The fourth-order valence-corrected chi connectivity index (χ4v) is 7.12. The number of carbonyl (C=O) groups excluding carboxylic acids is 2. The summed E-state index contributed by atoms with van der Waals surface area (Å²) in [6, 6.07) is 30.6. The topological polar surface area (TPSA) is 107 Å². The largest absolute Gasteiger partial charge is 0.497 e. The van der Waals surface area contributed by atoms with Crippen molar-refractivity contribution in [1.29, 1.82) is 5.26 Å². The van der Waals surface area contributed by atoms with Crippen LogP contribution in [-0.4, -0.2) is 58.6 Å². The van der Waals surface area contributed by atoms with Gasteiger partial charge >= 0.3 is 0 Å². The number of ether oxygens (including phenoxy) is 2. The summed E-state index contributed by atoms with van der Waals surface area (Å²) in [7, 11) is 4.92. The van der Waals surface area contributed by atoms with Crippen molar-refractivity contribution >= 4 is 23.2 Å². The van der Waals surface area contributed by atoms with Crippen LogP contribution in [0.5, 0.6) is 5.75 Å². The molecule has 0 spiro atoms. The molecule has 0 radical (unpaired) electrons. The predicted octanol–water partition coefficient (Wildman–Crippen LogP) is 5.91. The van der Waals surface area contributed by atoms with Gasteiger partial charge in [0, 0.05) is 46.7 Å². The molecule has 0 saturated carbocycles. The summed E-state index contributed by atoms with van der Waals surface area (Å²) in [4.78, 5) is 29.6. The number of nitrogens with one attached hydrogen (secondary N) is 2. The lowest BCUT2D eigenvalue weighted by Gasteiger charge is -2.42. The summed E-state index contributed by atoms with van der Waals surface area (Å²) in [5.41, 5.74) is 9.01. The Hall–Kier alpha value is -5.33. The minimum atomic E-state index is 0.0184. The lowest BCUT2D eigenvalue weighted by Crippen LogP contribution is -2.55. The Bertz CT molecular complexity index is 1740. The van der Waals surface area contributed by atoms with Gasteiger partial charge in [0.15, 0.2) is 0 Å². The number of methoxy groups -OCH3 is 2. The number of nitriles is 1. The van der Waals surface area contributed by atoms with E-state index in [9.17, 15) is 9.59 Å². The molecule has 4 aliphatic heterocycles. The number of hydrogen-bond acceptors (Lipinski definition) is 7. The standard InChI is InChI=1S/C19H20N2O2.C18H18N2O.C2H6O.CHN/c1-23-15-9-7-13(8-10-15)12-17-20-19(22)16-6-2-4-14-5-3-11-21(17)18(14)16;21-18-15-10-4-8-14-9-5-11-20(17(14)15)16(19-18)12-13-6-2-1-3-7-13;1-3-2;1-2/h2,4,6-10,17H,3,5,11-12H2,1H3,(H,20,22);1-4,6-8,10,16H,5,9,11-12H2,(H,19,21);1-2H3;1H/t17-;16-;;/m10../s1. The minimum Gasteiger partial charge on any atom is -0.497 e. The highest BCUT2D eigenvalue weighted by Gasteiger charge is 2.35. The summed E-state index contributed by atoms with van der Waals surface area (Å²) in [6.07, 6.45) is 6.14. The van der Waals surface area contributed by atoms with Gasteiger partial charge in [-0.2, -0.15) is 0 Å². The summed E-state index contributed by atoms with van der Waals surface area (Å²) in [5, 5.41) is 12.8. The predicted molar refractivity (Wildman–Crippen MR) is 193 cm³/mol. The molecule has 0 aromatic heterocycles. The summed E-state index contributed by atoms with van der Waals surface area (Å²) < 4.78 is 9.46. The van der Waals surface area contributed by atoms with E-state index in [2.05, 4.69) is 80.3 Å². The Balaban J connectivity index is 0.000000170. The summed E-state index contributed by atoms with van der Waals surface area (Å²) in [6.45, 7) is 5.51. The number of para-hydroxylation sites is 2. The maximum Gasteiger partial charge on any atom is 0.255 e. The molecule has 0 aliphatic carbocycles. The fourth-order valence-electron chi connectivity index (χ4n) is 7.12. The van der Waals surface area contributed by atoms with Crippen molar-refractivity contribution in [3.8, 4) is 12.3 Å². The first-order valence-electron chi connectivity index (χ1n) is 16.7. The van der Waals surface area contributed by atoms with Gasteiger partial charge < -0.3 is 29.9 Å². The van der Waals surface area contributed by atoms with Crippen molar-refractivity contribution in [2.75, 3.05) is 44.2 Å². The number of nitrogens with zero attached hydrogens (tertiary/aromatic N) is 3. The smallest absolute Gasteiger partial charge is 0.255 e. The van der Waals surface area contributed by atoms with Gasteiger partial charge in [-0.3, -0.25) is 9.59 Å². The number of aryl methyl sites for hydroxylation is 2. The third-order valence-electron chi connectivity index (χ3n) is 9.20. The molecule has 8 rings (SSSR count). The molecular formula is C40H45N5O4. The van der Waals surface area contributed by atoms with Crippen molar-refractivity contribution in [1.82, 2.24) is 10.6 Å². The van der Waals surface area contributed by atoms with Gasteiger partial charge in [-0.05, 0) is 72.2 Å². The Morgan fingerprint density at radius 1 is 0.653 bits per heavy atom. The molecule has 49 heavy (non-hydrogen) atoms. The number of carbonyl (C=O) groups is 2. The zero-order valence-corrected chi connectivity index (χ0v) is 28.5. The van der Waals surface area contributed by atoms with Gasteiger partial charge in [-0.25, -0.2) is 5.26 Å². The van der Waals surface area contributed by atoms with Crippen LogP contribution in [0.2, 0.25) is 0 Å². The van der Waals surface area contributed by atoms with E-state index >= 15 is 0 Å². The molecule has 9 heteroatoms. The van der Waals surface area contributed by atoms with E-state index in [4.69, 9.17) is 10.00 Å². The van der Waals surface area contributed by atoms with Crippen LogP contribution in [-0.2, 0) is 30.4 Å². The average molecular weight is 660 g/mol. The van der Waals surface area contributed by atoms with Gasteiger partial charge in [0.1, 0.15) is 18.1 Å². The molecule has 4 aliphatic rings. The minimum absolute atomic E-state index is 0.0184. The molecule has 0 saturated heterocycles. The highest BCUT2D eigenvalue weighted by Crippen LogP contribution is 2.36. The van der Waals surface area contributed by atoms with E-state index in [0.29, 0.717) is 0 Å². The van der Waals surface area contributed by atoms with Crippen LogP contribution < -0.4 is 25.2 Å². The number of amides is 2. The molecule has 4 aromatic carbocycles. The van der Waals surface area contributed by atoms with E-state index in [1.807, 2.05) is 42.5 Å². The number of benzene rings is 4. The zero-order valence-electron chi connectivity index (χ0n) is 28.5. The lowest BCUT2D eigenvalue weighted by atomic mass is 9.93. The van der Waals surface area contributed by atoms with Crippen molar-refractivity contribution in [3.63, 3.8) is 0 Å². The third-order valence-corrected chi connectivity index (χ3v) is 9.20. The fraction of sp³-hybridized carbons (Fsp3) is 0.325. The maximum absolute atomic E-state index is 12.5. The Labute approximate surface area is 289 Å². The second-order valence-electron chi connectivity index (χ2n) is 12.3. The molecule has 254 valence electrons. The number of anilines is 2. The number of rotatable bonds is 5. The van der Waals surface area contributed by atoms with Crippen LogP contribution in [0.15, 0.2) is 91.0 Å². The number of hydrogen-bond donors (Lipinski definition) is 2. The van der Waals surface area contributed by atoms with Gasteiger partial charge in [0.05, 0.1) is 29.6 Å². The highest BCUT2D eigenvalue weighted by atomic mass is 16.5. The first kappa shape index (κ1) is 35.0. The van der Waals surface area contributed by atoms with Crippen molar-refractivity contribution in [2.45, 2.75) is 50.9 Å². The van der Waals surface area contributed by atoms with Gasteiger partial charge in [0.2, 0.25) is 0 Å². The summed E-state index contributed by atoms with van der Waals surface area (Å²) in [5.74, 6) is 0.955. The highest BCUT2D eigenvalue weighted by molar-refractivity contribution is 6.03. The van der Waals surface area contributed by atoms with Gasteiger partial charge in [-0.15, -0.1) is 0 Å². The lowest BCUT2D eigenvalue weighted by molar-refractivity contribution is 0.0917. The Morgan fingerprint density at radius 3 is 1.55 bits per heavy atom. The van der Waals surface area contributed by atoms with Crippen LogP contribution in [0.3, 0.4) is 0 Å².